The Kier molecular flexibility index (Phi) is 6.54. The van der Waals surface area contributed by atoms with Crippen LogP contribution in [0.2, 0.25) is 0 Å². The molecule has 0 saturated carbocycles. The summed E-state index contributed by atoms with van der Waals surface area (Å²) < 4.78 is 0. The van der Waals surface area contributed by atoms with Gasteiger partial charge in [-0.2, -0.15) is 0 Å². The fraction of sp³-hybridized carbons (Fsp3) is 0.529. The second kappa shape index (κ2) is 7.95. The van der Waals surface area contributed by atoms with E-state index >= 15 is 0 Å². The van der Waals surface area contributed by atoms with Crippen LogP contribution in [0.3, 0.4) is 0 Å². The molecular weight excluding hydrogens is 218 g/mol. The Morgan fingerprint density at radius 1 is 1.06 bits per heavy atom. The Hall–Kier alpha value is -1.26. The van der Waals surface area contributed by atoms with Gasteiger partial charge in [0.2, 0.25) is 0 Å². The minimum Gasteiger partial charge on any atom is -0.292 e. The van der Waals surface area contributed by atoms with E-state index in [2.05, 4.69) is 62.6 Å². The lowest BCUT2D eigenvalue weighted by Gasteiger charge is -2.17. The summed E-state index contributed by atoms with van der Waals surface area (Å²) in [7, 11) is 0. The van der Waals surface area contributed by atoms with Crippen LogP contribution in [0.4, 0.5) is 0 Å². The summed E-state index contributed by atoms with van der Waals surface area (Å²) in [6.07, 6.45) is 2.40. The van der Waals surface area contributed by atoms with Crippen molar-refractivity contribution < 1.29 is 0 Å². The molecule has 0 heterocycles. The fourth-order valence-corrected chi connectivity index (χ4v) is 2.02. The molecule has 0 N–H and O–H groups in total. The van der Waals surface area contributed by atoms with E-state index in [1.165, 1.54) is 29.5 Å². The summed E-state index contributed by atoms with van der Waals surface area (Å²) in [5, 5.41) is 0. The number of nitrogens with zero attached hydrogens (tertiary/aromatic N) is 1. The van der Waals surface area contributed by atoms with Gasteiger partial charge in [0.1, 0.15) is 0 Å². The van der Waals surface area contributed by atoms with Crippen molar-refractivity contribution in [3.05, 3.63) is 34.9 Å². The van der Waals surface area contributed by atoms with Crippen LogP contribution in [0.25, 0.3) is 0 Å². The van der Waals surface area contributed by atoms with Gasteiger partial charge in [-0.25, -0.2) is 0 Å². The molecule has 1 nitrogen and oxygen atoms in total. The fourth-order valence-electron chi connectivity index (χ4n) is 2.02. The molecule has 1 aromatic rings. The van der Waals surface area contributed by atoms with E-state index < -0.39 is 0 Å². The lowest BCUT2D eigenvalue weighted by molar-refractivity contribution is 0.308. The highest BCUT2D eigenvalue weighted by molar-refractivity contribution is 5.43. The second-order valence-corrected chi connectivity index (χ2v) is 4.90. The van der Waals surface area contributed by atoms with Crippen molar-refractivity contribution in [3.8, 4) is 11.8 Å². The van der Waals surface area contributed by atoms with Gasteiger partial charge in [-0.1, -0.05) is 37.8 Å². The lowest BCUT2D eigenvalue weighted by atomic mass is 10.1. The van der Waals surface area contributed by atoms with Crippen LogP contribution in [0, 0.1) is 25.7 Å². The topological polar surface area (TPSA) is 3.24 Å². The van der Waals surface area contributed by atoms with Crippen LogP contribution < -0.4 is 0 Å². The average molecular weight is 243 g/mol. The maximum Gasteiger partial charge on any atom is 0.0605 e. The van der Waals surface area contributed by atoms with Gasteiger partial charge in [-0.3, -0.25) is 4.90 Å². The van der Waals surface area contributed by atoms with E-state index in [0.717, 1.165) is 19.6 Å². The molecule has 1 aromatic carbocycles. The Labute approximate surface area is 112 Å². The predicted molar refractivity (Wildman–Crippen MR) is 79.8 cm³/mol. The van der Waals surface area contributed by atoms with Gasteiger partial charge in [0, 0.05) is 5.56 Å². The number of benzene rings is 1. The highest BCUT2D eigenvalue weighted by Crippen LogP contribution is 2.08. The van der Waals surface area contributed by atoms with Gasteiger partial charge >= 0.3 is 0 Å². The third kappa shape index (κ3) is 4.94. The molecule has 1 rings (SSSR count). The van der Waals surface area contributed by atoms with Crippen molar-refractivity contribution in [2.45, 2.75) is 40.5 Å². The largest absolute Gasteiger partial charge is 0.292 e. The first kappa shape index (κ1) is 14.8. The summed E-state index contributed by atoms with van der Waals surface area (Å²) in [4.78, 5) is 2.43. The van der Waals surface area contributed by atoms with Crippen LogP contribution in [0.1, 0.15) is 43.4 Å². The first-order valence-electron chi connectivity index (χ1n) is 6.95. The summed E-state index contributed by atoms with van der Waals surface area (Å²) in [6, 6.07) is 6.46. The van der Waals surface area contributed by atoms with E-state index in [9.17, 15) is 0 Å². The van der Waals surface area contributed by atoms with E-state index in [4.69, 9.17) is 0 Å². The Morgan fingerprint density at radius 3 is 2.33 bits per heavy atom. The van der Waals surface area contributed by atoms with E-state index in [-0.39, 0.29) is 0 Å². The quantitative estimate of drug-likeness (QED) is 0.711. The van der Waals surface area contributed by atoms with Crippen molar-refractivity contribution in [3.63, 3.8) is 0 Å². The highest BCUT2D eigenvalue weighted by atomic mass is 15.1. The second-order valence-electron chi connectivity index (χ2n) is 4.90. The standard InChI is InChI=1S/C17H25N/c1-5-11-18(12-6-2)13-7-8-17-14-15(3)9-10-16(17)4/h9-10,14H,5-6,11-13H2,1-4H3. The molecule has 0 aliphatic heterocycles. The van der Waals surface area contributed by atoms with Crippen LogP contribution in [-0.4, -0.2) is 24.5 Å². The molecule has 0 fully saturated rings. The van der Waals surface area contributed by atoms with Crippen molar-refractivity contribution >= 4 is 0 Å². The Balaban J connectivity index is 2.66. The smallest absolute Gasteiger partial charge is 0.0605 e. The zero-order chi connectivity index (χ0) is 13.4. The van der Waals surface area contributed by atoms with Crippen LogP contribution in [-0.2, 0) is 0 Å². The first-order chi connectivity index (χ1) is 8.67. The normalized spacial score (nSPS) is 10.3. The minimum absolute atomic E-state index is 0.884. The zero-order valence-corrected chi connectivity index (χ0v) is 12.2. The molecule has 0 unspecified atom stereocenters. The summed E-state index contributed by atoms with van der Waals surface area (Å²) in [5.41, 5.74) is 3.72. The Morgan fingerprint density at radius 2 is 1.72 bits per heavy atom. The molecule has 0 aromatic heterocycles. The molecule has 0 spiro atoms. The number of aryl methyl sites for hydroxylation is 2. The maximum atomic E-state index is 3.32. The third-order valence-electron chi connectivity index (χ3n) is 3.00. The Bertz CT molecular complexity index is 417. The lowest BCUT2D eigenvalue weighted by Crippen LogP contribution is -2.25. The summed E-state index contributed by atoms with van der Waals surface area (Å²) in [5.74, 6) is 6.62. The minimum atomic E-state index is 0.884. The third-order valence-corrected chi connectivity index (χ3v) is 3.00. The SMILES string of the molecule is CCCN(CC#Cc1cc(C)ccc1C)CCC. The maximum absolute atomic E-state index is 3.32. The van der Waals surface area contributed by atoms with Gasteiger partial charge in [-0.15, -0.1) is 0 Å². The van der Waals surface area contributed by atoms with E-state index in [0.29, 0.717) is 0 Å². The molecule has 0 amide bonds. The molecule has 0 aliphatic rings. The molecule has 0 aliphatic carbocycles. The van der Waals surface area contributed by atoms with Gasteiger partial charge in [0.05, 0.1) is 6.54 Å². The highest BCUT2D eigenvalue weighted by Gasteiger charge is 1.99. The van der Waals surface area contributed by atoms with Crippen molar-refractivity contribution in [1.29, 1.82) is 0 Å². The molecule has 98 valence electrons. The van der Waals surface area contributed by atoms with E-state index in [1.54, 1.807) is 0 Å². The molecule has 0 bridgehead atoms. The molecule has 0 saturated heterocycles. The number of rotatable bonds is 5. The number of hydrogen-bond donors (Lipinski definition) is 0. The molecular formula is C17H25N. The average Bonchev–Trinajstić information content (AvgIpc) is 2.34. The van der Waals surface area contributed by atoms with Crippen molar-refractivity contribution in [2.24, 2.45) is 0 Å². The summed E-state index contributed by atoms with van der Waals surface area (Å²) >= 11 is 0. The van der Waals surface area contributed by atoms with Crippen LogP contribution >= 0.6 is 0 Å². The van der Waals surface area contributed by atoms with E-state index in [1.807, 2.05) is 0 Å². The number of hydrogen-bond acceptors (Lipinski definition) is 1. The molecule has 0 atom stereocenters. The van der Waals surface area contributed by atoms with Crippen molar-refractivity contribution in [1.82, 2.24) is 4.90 Å². The molecule has 0 radical (unpaired) electrons. The first-order valence-corrected chi connectivity index (χ1v) is 6.95. The van der Waals surface area contributed by atoms with Crippen LogP contribution in [0.15, 0.2) is 18.2 Å². The predicted octanol–water partition coefficient (Wildman–Crippen LogP) is 3.78. The van der Waals surface area contributed by atoms with Gasteiger partial charge < -0.3 is 0 Å². The van der Waals surface area contributed by atoms with Gasteiger partial charge in [-0.05, 0) is 57.0 Å². The molecule has 18 heavy (non-hydrogen) atoms. The summed E-state index contributed by atoms with van der Waals surface area (Å²) in [6.45, 7) is 11.9. The van der Waals surface area contributed by atoms with Crippen LogP contribution in [0.5, 0.6) is 0 Å². The zero-order valence-electron chi connectivity index (χ0n) is 12.2. The van der Waals surface area contributed by atoms with Gasteiger partial charge in [0.15, 0.2) is 0 Å². The monoisotopic (exact) mass is 243 g/mol. The van der Waals surface area contributed by atoms with Gasteiger partial charge in [0.25, 0.3) is 0 Å². The molecule has 1 heteroatoms. The van der Waals surface area contributed by atoms with Crippen molar-refractivity contribution in [2.75, 3.05) is 19.6 Å².